The van der Waals surface area contributed by atoms with Gasteiger partial charge < -0.3 is 15.6 Å². The van der Waals surface area contributed by atoms with E-state index in [1.165, 1.54) is 41.8 Å². The molecule has 1 amide bonds. The van der Waals surface area contributed by atoms with Gasteiger partial charge in [-0.2, -0.15) is 0 Å². The SMILES string of the molecule is O=C(NCc1ncccc1F)c1csc(CCNCCc2nc3cc(F)ccc3[nH]2)n1. The van der Waals surface area contributed by atoms with Crippen molar-refractivity contribution >= 4 is 28.3 Å². The average Bonchev–Trinajstić information content (AvgIpc) is 3.39. The van der Waals surface area contributed by atoms with Crippen LogP contribution in [-0.4, -0.2) is 38.9 Å². The summed E-state index contributed by atoms with van der Waals surface area (Å²) in [5, 5.41) is 8.46. The van der Waals surface area contributed by atoms with E-state index in [-0.39, 0.29) is 24.0 Å². The molecule has 160 valence electrons. The van der Waals surface area contributed by atoms with E-state index in [9.17, 15) is 13.6 Å². The first-order chi connectivity index (χ1) is 15.1. The highest BCUT2D eigenvalue weighted by molar-refractivity contribution is 7.09. The molecule has 7 nitrogen and oxygen atoms in total. The molecule has 10 heteroatoms. The highest BCUT2D eigenvalue weighted by atomic mass is 32.1. The number of carbonyl (C=O) groups excluding carboxylic acids is 1. The number of nitrogens with one attached hydrogen (secondary N) is 3. The molecule has 3 aromatic heterocycles. The molecule has 0 aliphatic carbocycles. The van der Waals surface area contributed by atoms with E-state index in [0.29, 0.717) is 37.1 Å². The van der Waals surface area contributed by atoms with Gasteiger partial charge in [-0.25, -0.2) is 18.7 Å². The highest BCUT2D eigenvalue weighted by Gasteiger charge is 2.12. The number of amides is 1. The second kappa shape index (κ2) is 9.71. The summed E-state index contributed by atoms with van der Waals surface area (Å²) in [6, 6.07) is 7.29. The van der Waals surface area contributed by atoms with Gasteiger partial charge in [0.05, 0.1) is 28.3 Å². The number of rotatable bonds is 9. The summed E-state index contributed by atoms with van der Waals surface area (Å²) in [5.74, 6) is -0.320. The zero-order valence-corrected chi connectivity index (χ0v) is 17.3. The summed E-state index contributed by atoms with van der Waals surface area (Å²) < 4.78 is 26.8. The number of halogens is 2. The largest absolute Gasteiger partial charge is 0.345 e. The smallest absolute Gasteiger partial charge is 0.271 e. The number of hydrogen-bond acceptors (Lipinski definition) is 6. The number of imidazole rings is 1. The molecule has 4 rings (SSSR count). The summed E-state index contributed by atoms with van der Waals surface area (Å²) >= 11 is 1.41. The first-order valence-electron chi connectivity index (χ1n) is 9.75. The summed E-state index contributed by atoms with van der Waals surface area (Å²) in [5.41, 5.74) is 1.93. The van der Waals surface area contributed by atoms with Crippen LogP contribution in [0.5, 0.6) is 0 Å². The van der Waals surface area contributed by atoms with E-state index in [0.717, 1.165) is 16.3 Å². The summed E-state index contributed by atoms with van der Waals surface area (Å²) in [6.07, 6.45) is 2.84. The standard InChI is InChI=1S/C21H20F2N6OS/c22-13-3-4-15-16(10-13)28-19(27-15)5-8-24-9-6-20-29-18(12-31-20)21(30)26-11-17-14(23)2-1-7-25-17/h1-4,7,10,12,24H,5-6,8-9,11H2,(H,26,30)(H,27,28). The molecule has 3 N–H and O–H groups in total. The van der Waals surface area contributed by atoms with Gasteiger partial charge in [-0.05, 0) is 24.3 Å². The Morgan fingerprint density at radius 3 is 2.87 bits per heavy atom. The third-order valence-corrected chi connectivity index (χ3v) is 5.49. The minimum Gasteiger partial charge on any atom is -0.345 e. The fourth-order valence-corrected chi connectivity index (χ4v) is 3.79. The maximum atomic E-state index is 13.6. The number of pyridine rings is 1. The molecule has 0 bridgehead atoms. The van der Waals surface area contributed by atoms with E-state index < -0.39 is 5.82 Å². The van der Waals surface area contributed by atoms with Crippen LogP contribution in [0.2, 0.25) is 0 Å². The lowest BCUT2D eigenvalue weighted by Gasteiger charge is -2.03. The van der Waals surface area contributed by atoms with Gasteiger partial charge in [0.15, 0.2) is 0 Å². The van der Waals surface area contributed by atoms with Crippen molar-refractivity contribution in [1.82, 2.24) is 30.6 Å². The van der Waals surface area contributed by atoms with Crippen molar-refractivity contribution in [3.05, 3.63) is 75.8 Å². The second-order valence-corrected chi connectivity index (χ2v) is 7.78. The minimum atomic E-state index is -0.456. The minimum absolute atomic E-state index is 0.00829. The molecule has 0 saturated carbocycles. The Balaban J connectivity index is 1.19. The van der Waals surface area contributed by atoms with Gasteiger partial charge >= 0.3 is 0 Å². The van der Waals surface area contributed by atoms with E-state index in [1.807, 2.05) is 0 Å². The molecule has 0 aliphatic rings. The van der Waals surface area contributed by atoms with Crippen LogP contribution >= 0.6 is 11.3 Å². The van der Waals surface area contributed by atoms with Crippen molar-refractivity contribution in [2.75, 3.05) is 13.1 Å². The van der Waals surface area contributed by atoms with Crippen molar-refractivity contribution in [2.45, 2.75) is 19.4 Å². The number of benzene rings is 1. The molecule has 0 atom stereocenters. The number of carbonyl (C=O) groups is 1. The molecule has 3 heterocycles. The normalized spacial score (nSPS) is 11.2. The van der Waals surface area contributed by atoms with E-state index in [2.05, 4.69) is 30.6 Å². The van der Waals surface area contributed by atoms with Crippen LogP contribution in [0.4, 0.5) is 8.78 Å². The number of H-pyrrole nitrogens is 1. The molecule has 0 radical (unpaired) electrons. The fraction of sp³-hybridized carbons (Fsp3) is 0.238. The van der Waals surface area contributed by atoms with E-state index in [4.69, 9.17) is 0 Å². The molecule has 0 fully saturated rings. The van der Waals surface area contributed by atoms with Crippen LogP contribution in [-0.2, 0) is 19.4 Å². The predicted octanol–water partition coefficient (Wildman–Crippen LogP) is 3.00. The molecule has 0 unspecified atom stereocenters. The molecular formula is C21H20F2N6OS. The zero-order valence-electron chi connectivity index (χ0n) is 16.5. The Hall–Kier alpha value is -3.24. The van der Waals surface area contributed by atoms with Gasteiger partial charge in [-0.3, -0.25) is 9.78 Å². The Morgan fingerprint density at radius 2 is 2.00 bits per heavy atom. The van der Waals surface area contributed by atoms with Gasteiger partial charge in [-0.1, -0.05) is 0 Å². The number of thiazole rings is 1. The Labute approximate surface area is 181 Å². The van der Waals surface area contributed by atoms with Crippen molar-refractivity contribution < 1.29 is 13.6 Å². The van der Waals surface area contributed by atoms with Crippen molar-refractivity contribution in [1.29, 1.82) is 0 Å². The van der Waals surface area contributed by atoms with E-state index in [1.54, 1.807) is 11.4 Å². The van der Waals surface area contributed by atoms with Crippen molar-refractivity contribution in [2.24, 2.45) is 0 Å². The lowest BCUT2D eigenvalue weighted by atomic mass is 10.3. The maximum Gasteiger partial charge on any atom is 0.271 e. The molecular weight excluding hydrogens is 422 g/mol. The van der Waals surface area contributed by atoms with Gasteiger partial charge in [0.1, 0.15) is 23.2 Å². The molecule has 1 aromatic carbocycles. The Bertz CT molecular complexity index is 1190. The maximum absolute atomic E-state index is 13.6. The predicted molar refractivity (Wildman–Crippen MR) is 114 cm³/mol. The van der Waals surface area contributed by atoms with Gasteiger partial charge in [-0.15, -0.1) is 11.3 Å². The molecule has 31 heavy (non-hydrogen) atoms. The topological polar surface area (TPSA) is 95.6 Å². The Kier molecular flexibility index (Phi) is 6.58. The second-order valence-electron chi connectivity index (χ2n) is 6.84. The first-order valence-corrected chi connectivity index (χ1v) is 10.6. The van der Waals surface area contributed by atoms with Crippen LogP contribution in [0.3, 0.4) is 0 Å². The number of aromatic amines is 1. The lowest BCUT2D eigenvalue weighted by molar-refractivity contribution is 0.0945. The Morgan fingerprint density at radius 1 is 1.13 bits per heavy atom. The van der Waals surface area contributed by atoms with Crippen LogP contribution < -0.4 is 10.6 Å². The van der Waals surface area contributed by atoms with Crippen molar-refractivity contribution in [3.8, 4) is 0 Å². The van der Waals surface area contributed by atoms with Crippen LogP contribution in [0.1, 0.15) is 27.0 Å². The first kappa shape index (κ1) is 21.0. The number of hydrogen-bond donors (Lipinski definition) is 3. The fourth-order valence-electron chi connectivity index (χ4n) is 3.01. The lowest BCUT2D eigenvalue weighted by Crippen LogP contribution is -2.24. The highest BCUT2D eigenvalue weighted by Crippen LogP contribution is 2.13. The van der Waals surface area contributed by atoms with Gasteiger partial charge in [0.2, 0.25) is 0 Å². The number of aromatic nitrogens is 4. The summed E-state index contributed by atoms with van der Waals surface area (Å²) in [4.78, 5) is 28.0. The van der Waals surface area contributed by atoms with Crippen LogP contribution in [0.15, 0.2) is 41.9 Å². The van der Waals surface area contributed by atoms with Gasteiger partial charge in [0, 0.05) is 43.6 Å². The van der Waals surface area contributed by atoms with E-state index >= 15 is 0 Å². The number of nitrogens with zero attached hydrogens (tertiary/aromatic N) is 3. The molecule has 4 aromatic rings. The average molecular weight is 442 g/mol. The third kappa shape index (κ3) is 5.47. The van der Waals surface area contributed by atoms with Crippen LogP contribution in [0, 0.1) is 11.6 Å². The van der Waals surface area contributed by atoms with Crippen LogP contribution in [0.25, 0.3) is 11.0 Å². The summed E-state index contributed by atoms with van der Waals surface area (Å²) in [7, 11) is 0. The third-order valence-electron chi connectivity index (χ3n) is 4.58. The quantitative estimate of drug-likeness (QED) is 0.347. The van der Waals surface area contributed by atoms with Crippen molar-refractivity contribution in [3.63, 3.8) is 0 Å². The van der Waals surface area contributed by atoms with Gasteiger partial charge in [0.25, 0.3) is 5.91 Å². The molecule has 0 spiro atoms. The monoisotopic (exact) mass is 442 g/mol. The molecule has 0 aliphatic heterocycles. The summed E-state index contributed by atoms with van der Waals surface area (Å²) in [6.45, 7) is 1.41. The number of fused-ring (bicyclic) bond motifs is 1. The zero-order chi connectivity index (χ0) is 21.6. The molecule has 0 saturated heterocycles.